The average molecular weight is 232 g/mol. The van der Waals surface area contributed by atoms with Crippen LogP contribution in [0.5, 0.6) is 5.75 Å². The zero-order valence-electron chi connectivity index (χ0n) is 10.8. The first kappa shape index (κ1) is 12.2. The van der Waals surface area contributed by atoms with Crippen LogP contribution in [0.2, 0.25) is 0 Å². The molecule has 0 saturated heterocycles. The van der Waals surface area contributed by atoms with Crippen LogP contribution in [0, 0.1) is 11.3 Å². The maximum absolute atomic E-state index is 12.5. The zero-order valence-corrected chi connectivity index (χ0v) is 10.8. The highest BCUT2D eigenvalue weighted by Crippen LogP contribution is 2.44. The molecule has 1 aromatic rings. The van der Waals surface area contributed by atoms with E-state index in [1.165, 1.54) is 0 Å². The number of hydrogen-bond acceptors (Lipinski definition) is 2. The van der Waals surface area contributed by atoms with E-state index in [4.69, 9.17) is 4.74 Å². The summed E-state index contributed by atoms with van der Waals surface area (Å²) in [5, 5.41) is 0. The number of benzene rings is 1. The van der Waals surface area contributed by atoms with Gasteiger partial charge in [0.05, 0.1) is 7.11 Å². The summed E-state index contributed by atoms with van der Waals surface area (Å²) in [5.74, 6) is 1.19. The second-order valence-electron chi connectivity index (χ2n) is 5.53. The Morgan fingerprint density at radius 1 is 1.41 bits per heavy atom. The lowest BCUT2D eigenvalue weighted by Gasteiger charge is -2.25. The molecule has 1 fully saturated rings. The van der Waals surface area contributed by atoms with Gasteiger partial charge in [0, 0.05) is 11.5 Å². The summed E-state index contributed by atoms with van der Waals surface area (Å²) >= 11 is 0. The number of carbonyl (C=O) groups is 1. The number of rotatable bonds is 3. The summed E-state index contributed by atoms with van der Waals surface area (Å²) in [4.78, 5) is 12.5. The van der Waals surface area contributed by atoms with Gasteiger partial charge in [-0.15, -0.1) is 0 Å². The molecule has 0 amide bonds. The van der Waals surface area contributed by atoms with Crippen LogP contribution in [0.3, 0.4) is 0 Å². The predicted molar refractivity (Wildman–Crippen MR) is 68.4 cm³/mol. The van der Waals surface area contributed by atoms with Crippen LogP contribution in [0.1, 0.15) is 43.5 Å². The standard InChI is InChI=1S/C15H20O2/c1-15(2)9-5-8-13(15)14(16)11-6-4-7-12(10-11)17-3/h4,6-7,10,13H,5,8-9H2,1-3H3. The van der Waals surface area contributed by atoms with Crippen LogP contribution in [0.25, 0.3) is 0 Å². The van der Waals surface area contributed by atoms with Crippen LogP contribution in [0.4, 0.5) is 0 Å². The van der Waals surface area contributed by atoms with E-state index >= 15 is 0 Å². The van der Waals surface area contributed by atoms with Gasteiger partial charge in [0.1, 0.15) is 5.75 Å². The van der Waals surface area contributed by atoms with Gasteiger partial charge in [-0.2, -0.15) is 0 Å². The lowest BCUT2D eigenvalue weighted by atomic mass is 9.78. The molecule has 1 saturated carbocycles. The molecule has 0 aromatic heterocycles. The SMILES string of the molecule is COc1cccc(C(=O)C2CCCC2(C)C)c1. The summed E-state index contributed by atoms with van der Waals surface area (Å²) in [6.45, 7) is 4.39. The fourth-order valence-corrected chi connectivity index (χ4v) is 2.79. The minimum atomic E-state index is 0.139. The minimum Gasteiger partial charge on any atom is -0.497 e. The molecule has 1 atom stereocenters. The van der Waals surface area contributed by atoms with Gasteiger partial charge in [0.2, 0.25) is 0 Å². The molecule has 17 heavy (non-hydrogen) atoms. The first-order chi connectivity index (χ1) is 8.04. The first-order valence-corrected chi connectivity index (χ1v) is 6.23. The predicted octanol–water partition coefficient (Wildman–Crippen LogP) is 3.70. The molecule has 0 bridgehead atoms. The quantitative estimate of drug-likeness (QED) is 0.743. The molecule has 92 valence electrons. The van der Waals surface area contributed by atoms with Crippen LogP contribution in [0.15, 0.2) is 24.3 Å². The van der Waals surface area contributed by atoms with Crippen molar-refractivity contribution >= 4 is 5.78 Å². The van der Waals surface area contributed by atoms with Crippen LogP contribution >= 0.6 is 0 Å². The highest BCUT2D eigenvalue weighted by molar-refractivity contribution is 5.98. The maximum Gasteiger partial charge on any atom is 0.166 e. The second kappa shape index (κ2) is 4.52. The van der Waals surface area contributed by atoms with Crippen molar-refractivity contribution < 1.29 is 9.53 Å². The van der Waals surface area contributed by atoms with Crippen LogP contribution in [-0.2, 0) is 0 Å². The maximum atomic E-state index is 12.5. The Hall–Kier alpha value is -1.31. The highest BCUT2D eigenvalue weighted by atomic mass is 16.5. The third kappa shape index (κ3) is 2.36. The fraction of sp³-hybridized carbons (Fsp3) is 0.533. The smallest absolute Gasteiger partial charge is 0.166 e. The van der Waals surface area contributed by atoms with E-state index in [1.54, 1.807) is 7.11 Å². The fourth-order valence-electron chi connectivity index (χ4n) is 2.79. The Bertz CT molecular complexity index is 421. The van der Waals surface area contributed by atoms with Crippen molar-refractivity contribution in [3.05, 3.63) is 29.8 Å². The molecule has 2 nitrogen and oxygen atoms in total. The number of Topliss-reactive ketones (excluding diaryl/α,β-unsaturated/α-hetero) is 1. The number of ether oxygens (including phenoxy) is 1. The van der Waals surface area contributed by atoms with Gasteiger partial charge < -0.3 is 4.74 Å². The van der Waals surface area contributed by atoms with Crippen LogP contribution in [-0.4, -0.2) is 12.9 Å². The number of ketones is 1. The molecule has 0 heterocycles. The Labute approximate surface area is 103 Å². The van der Waals surface area contributed by atoms with E-state index < -0.39 is 0 Å². The minimum absolute atomic E-state index is 0.139. The van der Waals surface area contributed by atoms with Crippen molar-refractivity contribution in [1.29, 1.82) is 0 Å². The molecule has 0 radical (unpaired) electrons. The number of carbonyl (C=O) groups excluding carboxylic acids is 1. The van der Waals surface area contributed by atoms with Gasteiger partial charge in [-0.1, -0.05) is 32.4 Å². The third-order valence-corrected chi connectivity index (χ3v) is 3.93. The van der Waals surface area contributed by atoms with Crippen molar-refractivity contribution in [3.63, 3.8) is 0 Å². The molecule has 1 aliphatic rings. The van der Waals surface area contributed by atoms with Gasteiger partial charge in [-0.25, -0.2) is 0 Å². The summed E-state index contributed by atoms with van der Waals surface area (Å²) in [5.41, 5.74) is 0.921. The van der Waals surface area contributed by atoms with Gasteiger partial charge in [0.25, 0.3) is 0 Å². The Kier molecular flexibility index (Phi) is 3.23. The van der Waals surface area contributed by atoms with Crippen molar-refractivity contribution in [1.82, 2.24) is 0 Å². The summed E-state index contributed by atoms with van der Waals surface area (Å²) in [6.07, 6.45) is 3.32. The first-order valence-electron chi connectivity index (χ1n) is 6.23. The third-order valence-electron chi connectivity index (χ3n) is 3.93. The Balaban J connectivity index is 2.25. The monoisotopic (exact) mass is 232 g/mol. The summed E-state index contributed by atoms with van der Waals surface area (Å²) in [6, 6.07) is 7.49. The topological polar surface area (TPSA) is 26.3 Å². The van der Waals surface area contributed by atoms with E-state index in [2.05, 4.69) is 13.8 Å². The van der Waals surface area contributed by atoms with Gasteiger partial charge in [0.15, 0.2) is 5.78 Å². The molecule has 1 unspecified atom stereocenters. The van der Waals surface area contributed by atoms with Gasteiger partial charge in [-0.05, 0) is 30.4 Å². The average Bonchev–Trinajstić information content (AvgIpc) is 2.68. The summed E-state index contributed by atoms with van der Waals surface area (Å²) < 4.78 is 5.17. The number of hydrogen-bond donors (Lipinski definition) is 0. The molecule has 0 N–H and O–H groups in total. The van der Waals surface area contributed by atoms with Crippen LogP contribution < -0.4 is 4.74 Å². The molecule has 1 aromatic carbocycles. The highest BCUT2D eigenvalue weighted by Gasteiger charge is 2.39. The molecule has 2 rings (SSSR count). The normalized spacial score (nSPS) is 22.4. The zero-order chi connectivity index (χ0) is 12.5. The second-order valence-corrected chi connectivity index (χ2v) is 5.53. The van der Waals surface area contributed by atoms with Gasteiger partial charge >= 0.3 is 0 Å². The molecule has 0 aliphatic heterocycles. The van der Waals surface area contributed by atoms with E-state index in [-0.39, 0.29) is 17.1 Å². The lowest BCUT2D eigenvalue weighted by Crippen LogP contribution is -2.25. The van der Waals surface area contributed by atoms with E-state index in [1.807, 2.05) is 24.3 Å². The Morgan fingerprint density at radius 3 is 2.76 bits per heavy atom. The summed E-state index contributed by atoms with van der Waals surface area (Å²) in [7, 11) is 1.63. The number of methoxy groups -OCH3 is 1. The molecular weight excluding hydrogens is 212 g/mol. The van der Waals surface area contributed by atoms with Crippen molar-refractivity contribution in [2.75, 3.05) is 7.11 Å². The molecule has 1 aliphatic carbocycles. The van der Waals surface area contributed by atoms with Crippen molar-refractivity contribution in [2.24, 2.45) is 11.3 Å². The molecule has 2 heteroatoms. The van der Waals surface area contributed by atoms with E-state index in [0.29, 0.717) is 0 Å². The molecular formula is C15H20O2. The van der Waals surface area contributed by atoms with E-state index in [9.17, 15) is 4.79 Å². The van der Waals surface area contributed by atoms with Gasteiger partial charge in [-0.3, -0.25) is 4.79 Å². The Morgan fingerprint density at radius 2 is 2.18 bits per heavy atom. The largest absolute Gasteiger partial charge is 0.497 e. The molecule has 0 spiro atoms. The lowest BCUT2D eigenvalue weighted by molar-refractivity contribution is 0.0839. The van der Waals surface area contributed by atoms with Crippen molar-refractivity contribution in [3.8, 4) is 5.75 Å². The van der Waals surface area contributed by atoms with Crippen molar-refractivity contribution in [2.45, 2.75) is 33.1 Å². The van der Waals surface area contributed by atoms with E-state index in [0.717, 1.165) is 30.6 Å².